The van der Waals surface area contributed by atoms with E-state index in [0.717, 1.165) is 17.0 Å². The van der Waals surface area contributed by atoms with Crippen LogP contribution in [0.4, 0.5) is 5.69 Å². The van der Waals surface area contributed by atoms with Gasteiger partial charge in [0, 0.05) is 13.1 Å². The van der Waals surface area contributed by atoms with Gasteiger partial charge in [-0.2, -0.15) is 5.10 Å². The van der Waals surface area contributed by atoms with Crippen LogP contribution >= 0.6 is 0 Å². The predicted molar refractivity (Wildman–Crippen MR) is 117 cm³/mol. The Morgan fingerprint density at radius 2 is 1.97 bits per heavy atom. The third-order valence-electron chi connectivity index (χ3n) is 4.38. The second-order valence-corrected chi connectivity index (χ2v) is 7.38. The maximum atomic E-state index is 12.1. The van der Waals surface area contributed by atoms with Gasteiger partial charge in [-0.25, -0.2) is 0 Å². The zero-order valence-electron chi connectivity index (χ0n) is 18.4. The van der Waals surface area contributed by atoms with E-state index < -0.39 is 0 Å². The van der Waals surface area contributed by atoms with Crippen molar-refractivity contribution in [3.05, 3.63) is 41.2 Å². The molecule has 2 aromatic rings. The highest BCUT2D eigenvalue weighted by Crippen LogP contribution is 2.29. The minimum Gasteiger partial charge on any atom is -0.493 e. The molecule has 0 saturated carbocycles. The smallest absolute Gasteiger partial charge is 0.244 e. The van der Waals surface area contributed by atoms with Gasteiger partial charge in [0.2, 0.25) is 11.8 Å². The Labute approximate surface area is 177 Å². The Bertz CT molecular complexity index is 931. The quantitative estimate of drug-likeness (QED) is 0.616. The van der Waals surface area contributed by atoms with Gasteiger partial charge in [0.25, 0.3) is 0 Å². The van der Waals surface area contributed by atoms with E-state index >= 15 is 0 Å². The van der Waals surface area contributed by atoms with Crippen molar-refractivity contribution in [3.63, 3.8) is 0 Å². The molecule has 1 aromatic carbocycles. The van der Waals surface area contributed by atoms with Crippen LogP contribution < -0.4 is 20.1 Å². The van der Waals surface area contributed by atoms with Gasteiger partial charge in [0.05, 0.1) is 37.3 Å². The van der Waals surface area contributed by atoms with Crippen molar-refractivity contribution in [2.24, 2.45) is 13.0 Å². The number of aryl methyl sites for hydroxylation is 2. The maximum Gasteiger partial charge on any atom is 0.244 e. The average Bonchev–Trinajstić information content (AvgIpc) is 2.95. The molecule has 0 bridgehead atoms. The van der Waals surface area contributed by atoms with Crippen LogP contribution in [0.2, 0.25) is 0 Å². The van der Waals surface area contributed by atoms with E-state index in [4.69, 9.17) is 9.47 Å². The molecule has 0 aliphatic rings. The first-order valence-corrected chi connectivity index (χ1v) is 9.78. The van der Waals surface area contributed by atoms with Crippen molar-refractivity contribution in [2.75, 3.05) is 25.6 Å². The SMILES string of the molecule is COc1cc(/C=C/C(=O)NCC(=O)Nc2c(C)nn(C)c2C)ccc1OCC(C)C. The largest absolute Gasteiger partial charge is 0.493 e. The molecule has 2 N–H and O–H groups in total. The normalized spacial score (nSPS) is 11.0. The summed E-state index contributed by atoms with van der Waals surface area (Å²) in [6, 6.07) is 5.44. The van der Waals surface area contributed by atoms with Gasteiger partial charge in [-0.05, 0) is 43.5 Å². The van der Waals surface area contributed by atoms with Crippen molar-refractivity contribution >= 4 is 23.6 Å². The Morgan fingerprint density at radius 3 is 2.57 bits per heavy atom. The number of carbonyl (C=O) groups excluding carboxylic acids is 2. The highest BCUT2D eigenvalue weighted by atomic mass is 16.5. The summed E-state index contributed by atoms with van der Waals surface area (Å²) in [6.07, 6.45) is 3.02. The third kappa shape index (κ3) is 6.37. The minimum absolute atomic E-state index is 0.137. The van der Waals surface area contributed by atoms with Crippen molar-refractivity contribution in [1.82, 2.24) is 15.1 Å². The number of amides is 2. The molecule has 0 atom stereocenters. The van der Waals surface area contributed by atoms with Gasteiger partial charge in [-0.3, -0.25) is 14.3 Å². The third-order valence-corrected chi connectivity index (χ3v) is 4.38. The molecular weight excluding hydrogens is 384 g/mol. The number of aromatic nitrogens is 2. The molecule has 30 heavy (non-hydrogen) atoms. The van der Waals surface area contributed by atoms with Gasteiger partial charge in [-0.1, -0.05) is 19.9 Å². The summed E-state index contributed by atoms with van der Waals surface area (Å²) >= 11 is 0. The number of carbonyl (C=O) groups is 2. The summed E-state index contributed by atoms with van der Waals surface area (Å²) in [5, 5.41) is 9.59. The van der Waals surface area contributed by atoms with Crippen molar-refractivity contribution < 1.29 is 19.1 Å². The molecule has 0 saturated heterocycles. The first-order valence-electron chi connectivity index (χ1n) is 9.78. The molecule has 0 aliphatic heterocycles. The first-order chi connectivity index (χ1) is 14.2. The standard InChI is InChI=1S/C22H30N4O4/c1-14(2)13-30-18-9-7-17(11-19(18)29-6)8-10-20(27)23-12-21(28)24-22-15(3)25-26(5)16(22)4/h7-11,14H,12-13H2,1-6H3,(H,23,27)(H,24,28)/b10-8+. The zero-order chi connectivity index (χ0) is 22.3. The van der Waals surface area contributed by atoms with E-state index in [9.17, 15) is 9.59 Å². The fourth-order valence-electron chi connectivity index (χ4n) is 2.70. The number of nitrogens with zero attached hydrogens (tertiary/aromatic N) is 2. The van der Waals surface area contributed by atoms with Gasteiger partial charge in [-0.15, -0.1) is 0 Å². The Morgan fingerprint density at radius 1 is 1.23 bits per heavy atom. The number of nitrogens with one attached hydrogen (secondary N) is 2. The highest BCUT2D eigenvalue weighted by Gasteiger charge is 2.12. The van der Waals surface area contributed by atoms with E-state index in [2.05, 4.69) is 29.6 Å². The molecule has 0 unspecified atom stereocenters. The molecule has 0 radical (unpaired) electrons. The maximum absolute atomic E-state index is 12.1. The second-order valence-electron chi connectivity index (χ2n) is 7.38. The first kappa shape index (κ1) is 23.0. The summed E-state index contributed by atoms with van der Waals surface area (Å²) in [4.78, 5) is 24.2. The molecule has 8 nitrogen and oxygen atoms in total. The monoisotopic (exact) mass is 414 g/mol. The van der Waals surface area contributed by atoms with E-state index in [1.807, 2.05) is 33.0 Å². The van der Waals surface area contributed by atoms with E-state index in [-0.39, 0.29) is 18.4 Å². The van der Waals surface area contributed by atoms with Gasteiger partial charge in [0.1, 0.15) is 0 Å². The zero-order valence-corrected chi connectivity index (χ0v) is 18.4. The minimum atomic E-state index is -0.371. The van der Waals surface area contributed by atoms with Gasteiger partial charge in [0.15, 0.2) is 11.5 Å². The van der Waals surface area contributed by atoms with Crippen molar-refractivity contribution in [1.29, 1.82) is 0 Å². The average molecular weight is 415 g/mol. The number of hydrogen-bond acceptors (Lipinski definition) is 5. The van der Waals surface area contributed by atoms with E-state index in [1.165, 1.54) is 6.08 Å². The molecule has 1 aromatic heterocycles. The Kier molecular flexibility index (Phi) is 8.03. The van der Waals surface area contributed by atoms with Crippen molar-refractivity contribution in [3.8, 4) is 11.5 Å². The number of ether oxygens (including phenoxy) is 2. The lowest BCUT2D eigenvalue weighted by Crippen LogP contribution is -2.31. The Balaban J connectivity index is 1.90. The van der Waals surface area contributed by atoms with Crippen LogP contribution in [0.3, 0.4) is 0 Å². The van der Waals surface area contributed by atoms with Crippen LogP contribution in [0, 0.1) is 19.8 Å². The van der Waals surface area contributed by atoms with Gasteiger partial charge >= 0.3 is 0 Å². The summed E-state index contributed by atoms with van der Waals surface area (Å²) in [5.74, 6) is 0.972. The predicted octanol–water partition coefficient (Wildman–Crippen LogP) is 2.85. The molecule has 0 aliphatic carbocycles. The molecule has 0 fully saturated rings. The fraction of sp³-hybridized carbons (Fsp3) is 0.409. The van der Waals surface area contributed by atoms with Crippen LogP contribution in [0.15, 0.2) is 24.3 Å². The lowest BCUT2D eigenvalue weighted by molar-refractivity contribution is -0.121. The second kappa shape index (κ2) is 10.5. The molecule has 2 rings (SSSR count). The number of anilines is 1. The van der Waals surface area contributed by atoms with E-state index in [1.54, 1.807) is 23.9 Å². The van der Waals surface area contributed by atoms with Crippen LogP contribution in [0.1, 0.15) is 30.8 Å². The van der Waals surface area contributed by atoms with Gasteiger partial charge < -0.3 is 20.1 Å². The number of benzene rings is 1. The summed E-state index contributed by atoms with van der Waals surface area (Å²) in [5.41, 5.74) is 3.02. The van der Waals surface area contributed by atoms with Crippen LogP contribution in [-0.4, -0.2) is 41.9 Å². The number of methoxy groups -OCH3 is 1. The fourth-order valence-corrected chi connectivity index (χ4v) is 2.70. The molecule has 0 spiro atoms. The number of hydrogen-bond donors (Lipinski definition) is 2. The molecule has 8 heteroatoms. The lowest BCUT2D eigenvalue weighted by Gasteiger charge is -2.12. The van der Waals surface area contributed by atoms with Crippen LogP contribution in [-0.2, 0) is 16.6 Å². The summed E-state index contributed by atoms with van der Waals surface area (Å²) in [6.45, 7) is 8.28. The Hall–Kier alpha value is -3.29. The van der Waals surface area contributed by atoms with Crippen LogP contribution in [0.25, 0.3) is 6.08 Å². The van der Waals surface area contributed by atoms with Crippen molar-refractivity contribution in [2.45, 2.75) is 27.7 Å². The molecule has 162 valence electrons. The molecule has 2 amide bonds. The van der Waals surface area contributed by atoms with Crippen LogP contribution in [0.5, 0.6) is 11.5 Å². The highest BCUT2D eigenvalue weighted by molar-refractivity contribution is 5.98. The molecule has 1 heterocycles. The lowest BCUT2D eigenvalue weighted by atomic mass is 10.2. The topological polar surface area (TPSA) is 94.5 Å². The van der Waals surface area contributed by atoms with E-state index in [0.29, 0.717) is 29.7 Å². The number of rotatable bonds is 9. The summed E-state index contributed by atoms with van der Waals surface area (Å²) < 4.78 is 12.8. The molecular formula is C22H30N4O4. The summed E-state index contributed by atoms with van der Waals surface area (Å²) in [7, 11) is 3.38.